The van der Waals surface area contributed by atoms with E-state index in [4.69, 9.17) is 0 Å². The molecule has 2 aliphatic rings. The van der Waals surface area contributed by atoms with Gasteiger partial charge in [0.15, 0.2) is 0 Å². The van der Waals surface area contributed by atoms with Gasteiger partial charge in [-0.2, -0.15) is 52.7 Å². The maximum absolute atomic E-state index is 14.0. The van der Waals surface area contributed by atoms with Crippen LogP contribution in [0.5, 0.6) is 0 Å². The zero-order valence-electron chi connectivity index (χ0n) is 22.6. The van der Waals surface area contributed by atoms with Gasteiger partial charge in [0.2, 0.25) is 11.8 Å². The number of rotatable bonds is 6. The van der Waals surface area contributed by atoms with Crippen LogP contribution in [-0.2, 0) is 9.59 Å². The first kappa shape index (κ1) is 33.9. The van der Waals surface area contributed by atoms with Crippen molar-refractivity contribution >= 4 is 23.2 Å². The van der Waals surface area contributed by atoms with E-state index in [2.05, 4.69) is 0 Å². The number of hydrogen-bond acceptors (Lipinski definition) is 2. The molecule has 2 aromatic rings. The molecule has 16 heteroatoms. The highest BCUT2D eigenvalue weighted by molar-refractivity contribution is 6.11. The van der Waals surface area contributed by atoms with E-state index in [-0.39, 0.29) is 23.5 Å². The van der Waals surface area contributed by atoms with Crippen molar-refractivity contribution in [1.82, 2.24) is 0 Å². The number of halogens is 12. The van der Waals surface area contributed by atoms with Crippen molar-refractivity contribution in [3.8, 4) is 0 Å². The Bertz CT molecular complexity index is 1330. The fourth-order valence-electron chi connectivity index (χ4n) is 5.49. The molecule has 0 saturated carbocycles. The number of amides is 2. The third kappa shape index (κ3) is 7.47. The highest BCUT2D eigenvalue weighted by atomic mass is 19.4. The molecular formula is C29H22F12N2O2. The highest BCUT2D eigenvalue weighted by Crippen LogP contribution is 2.48. The van der Waals surface area contributed by atoms with Crippen LogP contribution in [0, 0.1) is 11.8 Å². The van der Waals surface area contributed by atoms with E-state index >= 15 is 0 Å². The van der Waals surface area contributed by atoms with Crippen LogP contribution in [0.15, 0.2) is 84.0 Å². The van der Waals surface area contributed by atoms with Crippen LogP contribution in [0.1, 0.15) is 19.3 Å². The second-order valence-corrected chi connectivity index (χ2v) is 10.4. The van der Waals surface area contributed by atoms with Gasteiger partial charge in [0.25, 0.3) is 0 Å². The lowest BCUT2D eigenvalue weighted by Gasteiger charge is -2.36. The van der Waals surface area contributed by atoms with Crippen LogP contribution in [0.4, 0.5) is 64.1 Å². The quantitative estimate of drug-likeness (QED) is 0.178. The maximum atomic E-state index is 14.0. The summed E-state index contributed by atoms with van der Waals surface area (Å²) in [4.78, 5) is 27.8. The van der Waals surface area contributed by atoms with E-state index < -0.39 is 90.8 Å². The zero-order chi connectivity index (χ0) is 33.5. The molecule has 2 amide bonds. The summed E-state index contributed by atoms with van der Waals surface area (Å²) in [7, 11) is 0. The van der Waals surface area contributed by atoms with Gasteiger partial charge in [0.05, 0.1) is 23.9 Å². The maximum Gasteiger partial charge on any atom is 0.412 e. The summed E-state index contributed by atoms with van der Waals surface area (Å²) >= 11 is 0. The first-order chi connectivity index (χ1) is 20.7. The lowest BCUT2D eigenvalue weighted by molar-refractivity contribution is -0.178. The second kappa shape index (κ2) is 12.1. The molecule has 244 valence electrons. The number of allylic oxidation sites excluding steroid dienone is 2. The normalized spacial score (nSPS) is 22.6. The average Bonchev–Trinajstić information content (AvgIpc) is 3.56. The number of benzene rings is 2. The average molecular weight is 658 g/mol. The molecule has 0 saturated heterocycles. The molecule has 0 aromatic heterocycles. The van der Waals surface area contributed by atoms with Crippen LogP contribution >= 0.6 is 0 Å². The second-order valence-electron chi connectivity index (χ2n) is 10.4. The fourth-order valence-corrected chi connectivity index (χ4v) is 5.49. The van der Waals surface area contributed by atoms with E-state index in [1.165, 1.54) is 36.4 Å². The first-order valence-electron chi connectivity index (χ1n) is 13.1. The lowest BCUT2D eigenvalue weighted by atomic mass is 9.97. The number of carbonyl (C=O) groups excluding carboxylic acids is 2. The summed E-state index contributed by atoms with van der Waals surface area (Å²) < 4.78 is 165. The van der Waals surface area contributed by atoms with E-state index in [1.807, 2.05) is 0 Å². The zero-order valence-corrected chi connectivity index (χ0v) is 22.6. The fraction of sp³-hybridized carbons (Fsp3) is 0.379. The van der Waals surface area contributed by atoms with Crippen molar-refractivity contribution in [2.45, 2.75) is 56.1 Å². The van der Waals surface area contributed by atoms with Crippen LogP contribution in [0.2, 0.25) is 0 Å². The minimum absolute atomic E-state index is 0.206. The molecule has 4 rings (SSSR count). The Morgan fingerprint density at radius 1 is 0.556 bits per heavy atom. The van der Waals surface area contributed by atoms with Gasteiger partial charge in [-0.3, -0.25) is 9.59 Å². The van der Waals surface area contributed by atoms with Gasteiger partial charge in [0.1, 0.15) is 6.42 Å². The molecule has 45 heavy (non-hydrogen) atoms. The van der Waals surface area contributed by atoms with Gasteiger partial charge in [-0.05, 0) is 37.1 Å². The van der Waals surface area contributed by atoms with Crippen LogP contribution in [0.3, 0.4) is 0 Å². The topological polar surface area (TPSA) is 40.6 Å². The number of alkyl halides is 12. The first-order valence-corrected chi connectivity index (χ1v) is 13.1. The predicted octanol–water partition coefficient (Wildman–Crippen LogP) is 8.32. The number of anilines is 2. The molecule has 0 bridgehead atoms. The Kier molecular flexibility index (Phi) is 9.10. The molecule has 0 fully saturated rings. The molecule has 4 atom stereocenters. The third-order valence-electron chi connectivity index (χ3n) is 7.52. The smallest absolute Gasteiger partial charge is 0.304 e. The molecule has 4 unspecified atom stereocenters. The van der Waals surface area contributed by atoms with Crippen molar-refractivity contribution < 1.29 is 62.3 Å². The molecule has 4 nitrogen and oxygen atoms in total. The summed E-state index contributed by atoms with van der Waals surface area (Å²) in [5.41, 5.74) is -3.86. The minimum Gasteiger partial charge on any atom is -0.304 e. The van der Waals surface area contributed by atoms with E-state index in [1.54, 1.807) is 0 Å². The van der Waals surface area contributed by atoms with Crippen LogP contribution in [-0.4, -0.2) is 48.6 Å². The monoisotopic (exact) mass is 658 g/mol. The van der Waals surface area contributed by atoms with Crippen LogP contribution in [0.25, 0.3) is 0 Å². The minimum atomic E-state index is -5.26. The Morgan fingerprint density at radius 3 is 1.13 bits per heavy atom. The van der Waals surface area contributed by atoms with Gasteiger partial charge in [-0.1, -0.05) is 48.6 Å². The summed E-state index contributed by atoms with van der Waals surface area (Å²) in [6.07, 6.45) is -25.1. The third-order valence-corrected chi connectivity index (χ3v) is 7.52. The number of para-hydroxylation sites is 2. The van der Waals surface area contributed by atoms with Gasteiger partial charge in [-0.15, -0.1) is 0 Å². The van der Waals surface area contributed by atoms with E-state index in [9.17, 15) is 62.3 Å². The van der Waals surface area contributed by atoms with Crippen LogP contribution < -0.4 is 9.80 Å². The predicted molar refractivity (Wildman–Crippen MR) is 137 cm³/mol. The van der Waals surface area contributed by atoms with Crippen molar-refractivity contribution in [3.05, 3.63) is 84.0 Å². The molecule has 0 heterocycles. The van der Waals surface area contributed by atoms with Crippen molar-refractivity contribution in [3.63, 3.8) is 0 Å². The Hall–Kier alpha value is -3.98. The van der Waals surface area contributed by atoms with Gasteiger partial charge in [-0.25, -0.2) is 0 Å². The SMILES string of the molecule is O=C(CC(=O)N(c1ccccc1)C1C=C(C(F)(F)F)CC1C(F)(F)F)N(c1ccccc1)C1C=C(C(F)(F)F)CC1C(F)(F)F. The molecule has 0 N–H and O–H groups in total. The number of carbonyl (C=O) groups is 2. The molecule has 0 radical (unpaired) electrons. The number of hydrogen-bond donors (Lipinski definition) is 0. The summed E-state index contributed by atoms with van der Waals surface area (Å²) in [5.74, 6) is -8.57. The van der Waals surface area contributed by atoms with Gasteiger partial charge in [0, 0.05) is 22.5 Å². The van der Waals surface area contributed by atoms with Gasteiger partial charge >= 0.3 is 24.7 Å². The number of nitrogens with zero attached hydrogens (tertiary/aromatic N) is 2. The lowest BCUT2D eigenvalue weighted by Crippen LogP contribution is -2.50. The Morgan fingerprint density at radius 2 is 0.867 bits per heavy atom. The van der Waals surface area contributed by atoms with E-state index in [0.29, 0.717) is 9.80 Å². The standard InChI is InChI=1S/C29H22F12N2O2/c30-26(31,32)16-11-20(28(36,37)38)22(13-16)42(18-7-3-1-4-8-18)24(44)15-25(45)43(19-9-5-2-6-10-19)23-14-17(27(33,34)35)12-21(23)29(39,40)41/h1-10,13-14,20-23H,11-12,15H2. The molecule has 0 aliphatic heterocycles. The molecular weight excluding hydrogens is 636 g/mol. The summed E-state index contributed by atoms with van der Waals surface area (Å²) in [5, 5.41) is 0. The van der Waals surface area contributed by atoms with Crippen molar-refractivity contribution in [2.75, 3.05) is 9.80 Å². The summed E-state index contributed by atoms with van der Waals surface area (Å²) in [6, 6.07) is 7.46. The largest absolute Gasteiger partial charge is 0.412 e. The molecule has 2 aliphatic carbocycles. The molecule has 0 spiro atoms. The van der Waals surface area contributed by atoms with Gasteiger partial charge < -0.3 is 9.80 Å². The molecule has 2 aromatic carbocycles. The Balaban J connectivity index is 1.78. The van der Waals surface area contributed by atoms with Crippen molar-refractivity contribution in [2.24, 2.45) is 11.8 Å². The van der Waals surface area contributed by atoms with Crippen molar-refractivity contribution in [1.29, 1.82) is 0 Å². The highest BCUT2D eigenvalue weighted by Gasteiger charge is 2.56. The Labute approximate surface area is 247 Å². The summed E-state index contributed by atoms with van der Waals surface area (Å²) in [6.45, 7) is 0. The van der Waals surface area contributed by atoms with E-state index in [0.717, 1.165) is 24.3 Å².